The van der Waals surface area contributed by atoms with Crippen LogP contribution in [0.5, 0.6) is 0 Å². The van der Waals surface area contributed by atoms with E-state index in [1.165, 1.54) is 4.90 Å². The van der Waals surface area contributed by atoms with Gasteiger partial charge in [0.05, 0.1) is 12.5 Å². The van der Waals surface area contributed by atoms with Crippen LogP contribution in [0.1, 0.15) is 13.3 Å². The minimum atomic E-state index is -0.919. The number of hydrogen-bond donors (Lipinski definition) is 1. The number of nitrogens with zero attached hydrogens (tertiary/aromatic N) is 2. The van der Waals surface area contributed by atoms with E-state index >= 15 is 0 Å². The van der Waals surface area contributed by atoms with Crippen molar-refractivity contribution in [3.05, 3.63) is 0 Å². The monoisotopic (exact) mass is 272 g/mol. The summed E-state index contributed by atoms with van der Waals surface area (Å²) in [5, 5.41) is 9.18. The molecule has 0 spiro atoms. The van der Waals surface area contributed by atoms with E-state index in [0.29, 0.717) is 18.8 Å². The molecule has 2 unspecified atom stereocenters. The molecular formula is C11H16N2O4S. The molecule has 18 heavy (non-hydrogen) atoms. The Labute approximate surface area is 109 Å². The molecule has 2 heterocycles. The van der Waals surface area contributed by atoms with Gasteiger partial charge in [0.1, 0.15) is 6.04 Å². The molecular weight excluding hydrogens is 256 g/mol. The highest BCUT2D eigenvalue weighted by Crippen LogP contribution is 2.25. The maximum absolute atomic E-state index is 12.1. The quantitative estimate of drug-likeness (QED) is 0.707. The lowest BCUT2D eigenvalue weighted by atomic mass is 10.1. The molecule has 0 aromatic rings. The van der Waals surface area contributed by atoms with Gasteiger partial charge in [0.25, 0.3) is 0 Å². The predicted molar refractivity (Wildman–Crippen MR) is 66.3 cm³/mol. The number of carboxylic acids is 1. The lowest BCUT2D eigenvalue weighted by Gasteiger charge is -2.35. The molecule has 2 aliphatic rings. The van der Waals surface area contributed by atoms with Gasteiger partial charge in [0, 0.05) is 24.6 Å². The SMILES string of the molecule is CCN1C(=O)CC(N2CCSCC2C(=O)O)C1=O. The van der Waals surface area contributed by atoms with Crippen LogP contribution in [0.4, 0.5) is 0 Å². The number of aliphatic carboxylic acids is 1. The number of likely N-dealkylation sites (tertiary alicyclic amines) is 1. The van der Waals surface area contributed by atoms with Crippen LogP contribution in [0, 0.1) is 0 Å². The summed E-state index contributed by atoms with van der Waals surface area (Å²) in [5.41, 5.74) is 0. The van der Waals surface area contributed by atoms with Crippen LogP contribution >= 0.6 is 11.8 Å². The summed E-state index contributed by atoms with van der Waals surface area (Å²) in [6.45, 7) is 2.65. The van der Waals surface area contributed by atoms with E-state index in [-0.39, 0.29) is 18.2 Å². The highest BCUT2D eigenvalue weighted by atomic mass is 32.2. The van der Waals surface area contributed by atoms with E-state index in [9.17, 15) is 19.5 Å². The standard InChI is InChI=1S/C11H16N2O4S/c1-2-12-9(14)5-7(10(12)15)13-3-4-18-6-8(13)11(16)17/h7-8H,2-6H2,1H3,(H,16,17). The molecule has 0 radical (unpaired) electrons. The molecule has 2 atom stereocenters. The first kappa shape index (κ1) is 13.4. The molecule has 1 N–H and O–H groups in total. The van der Waals surface area contributed by atoms with Crippen molar-refractivity contribution in [1.29, 1.82) is 0 Å². The minimum absolute atomic E-state index is 0.112. The van der Waals surface area contributed by atoms with Crippen LogP contribution < -0.4 is 0 Å². The number of carboxylic acid groups (broad SMARTS) is 1. The zero-order valence-electron chi connectivity index (χ0n) is 10.2. The van der Waals surface area contributed by atoms with Crippen LogP contribution in [0.3, 0.4) is 0 Å². The predicted octanol–water partition coefficient (Wildman–Crippen LogP) is -0.364. The van der Waals surface area contributed by atoms with E-state index < -0.39 is 18.1 Å². The fourth-order valence-electron chi connectivity index (χ4n) is 2.46. The lowest BCUT2D eigenvalue weighted by molar-refractivity contribution is -0.145. The van der Waals surface area contributed by atoms with Crippen LogP contribution in [-0.4, -0.2) is 69.4 Å². The number of amides is 2. The van der Waals surface area contributed by atoms with Crippen molar-refractivity contribution in [3.63, 3.8) is 0 Å². The smallest absolute Gasteiger partial charge is 0.321 e. The molecule has 100 valence electrons. The molecule has 0 aromatic heterocycles. The molecule has 0 bridgehead atoms. The average Bonchev–Trinajstić information content (AvgIpc) is 2.64. The van der Waals surface area contributed by atoms with Crippen LogP contribution in [0.15, 0.2) is 0 Å². The van der Waals surface area contributed by atoms with Crippen molar-refractivity contribution in [1.82, 2.24) is 9.80 Å². The third-order valence-corrected chi connectivity index (χ3v) is 4.41. The molecule has 0 aromatic carbocycles. The molecule has 2 aliphatic heterocycles. The van der Waals surface area contributed by atoms with Crippen molar-refractivity contribution >= 4 is 29.5 Å². The van der Waals surface area contributed by atoms with Crippen molar-refractivity contribution in [3.8, 4) is 0 Å². The Morgan fingerprint density at radius 2 is 2.22 bits per heavy atom. The second kappa shape index (κ2) is 5.27. The minimum Gasteiger partial charge on any atom is -0.480 e. The number of carbonyl (C=O) groups is 3. The number of hydrogen-bond acceptors (Lipinski definition) is 5. The highest BCUT2D eigenvalue weighted by molar-refractivity contribution is 7.99. The van der Waals surface area contributed by atoms with Crippen molar-refractivity contribution in [2.24, 2.45) is 0 Å². The molecule has 6 nitrogen and oxygen atoms in total. The Balaban J connectivity index is 2.17. The third-order valence-electron chi connectivity index (χ3n) is 3.39. The van der Waals surface area contributed by atoms with Gasteiger partial charge < -0.3 is 5.11 Å². The Bertz CT molecular complexity index is 387. The van der Waals surface area contributed by atoms with Gasteiger partial charge in [0.2, 0.25) is 11.8 Å². The molecule has 2 amide bonds. The fraction of sp³-hybridized carbons (Fsp3) is 0.727. The number of carbonyl (C=O) groups excluding carboxylic acids is 2. The Hall–Kier alpha value is -1.08. The number of thioether (sulfide) groups is 1. The van der Waals surface area contributed by atoms with E-state index in [1.807, 2.05) is 0 Å². The largest absolute Gasteiger partial charge is 0.480 e. The van der Waals surface area contributed by atoms with Crippen LogP contribution in [0.2, 0.25) is 0 Å². The second-order valence-corrected chi connectivity index (χ2v) is 5.51. The number of likely N-dealkylation sites (N-methyl/N-ethyl adjacent to an activating group) is 1. The summed E-state index contributed by atoms with van der Waals surface area (Å²) < 4.78 is 0. The molecule has 0 saturated carbocycles. The number of rotatable bonds is 3. The fourth-order valence-corrected chi connectivity index (χ4v) is 3.52. The first-order valence-electron chi connectivity index (χ1n) is 5.96. The zero-order valence-corrected chi connectivity index (χ0v) is 11.0. The molecule has 2 rings (SSSR count). The van der Waals surface area contributed by atoms with E-state index in [0.717, 1.165) is 5.75 Å². The van der Waals surface area contributed by atoms with Gasteiger partial charge in [-0.05, 0) is 6.92 Å². The normalized spacial score (nSPS) is 29.9. The van der Waals surface area contributed by atoms with Gasteiger partial charge in [-0.2, -0.15) is 11.8 Å². The maximum Gasteiger partial charge on any atom is 0.321 e. The van der Waals surface area contributed by atoms with Gasteiger partial charge in [-0.3, -0.25) is 24.2 Å². The van der Waals surface area contributed by atoms with Crippen molar-refractivity contribution in [2.75, 3.05) is 24.6 Å². The summed E-state index contributed by atoms with van der Waals surface area (Å²) in [6, 6.07) is -1.25. The summed E-state index contributed by atoms with van der Waals surface area (Å²) in [4.78, 5) is 37.8. The second-order valence-electron chi connectivity index (χ2n) is 4.36. The van der Waals surface area contributed by atoms with Gasteiger partial charge in [-0.1, -0.05) is 0 Å². The molecule has 2 fully saturated rings. The van der Waals surface area contributed by atoms with Crippen LogP contribution in [-0.2, 0) is 14.4 Å². The van der Waals surface area contributed by atoms with E-state index in [2.05, 4.69) is 0 Å². The maximum atomic E-state index is 12.1. The topological polar surface area (TPSA) is 77.9 Å². The Kier molecular flexibility index (Phi) is 3.91. The lowest BCUT2D eigenvalue weighted by Crippen LogP contribution is -2.54. The summed E-state index contributed by atoms with van der Waals surface area (Å²) in [5.74, 6) is -0.0965. The first-order chi connectivity index (χ1) is 8.56. The summed E-state index contributed by atoms with van der Waals surface area (Å²) >= 11 is 1.57. The first-order valence-corrected chi connectivity index (χ1v) is 7.12. The average molecular weight is 272 g/mol. The van der Waals surface area contributed by atoms with Gasteiger partial charge in [-0.15, -0.1) is 0 Å². The van der Waals surface area contributed by atoms with Crippen molar-refractivity contribution < 1.29 is 19.5 Å². The van der Waals surface area contributed by atoms with Gasteiger partial charge >= 0.3 is 5.97 Å². The zero-order chi connectivity index (χ0) is 13.3. The van der Waals surface area contributed by atoms with Gasteiger partial charge in [-0.25, -0.2) is 0 Å². The molecule has 2 saturated heterocycles. The van der Waals surface area contributed by atoms with E-state index in [1.54, 1.807) is 23.6 Å². The Morgan fingerprint density at radius 1 is 1.50 bits per heavy atom. The molecule has 7 heteroatoms. The summed E-state index contributed by atoms with van der Waals surface area (Å²) in [7, 11) is 0. The summed E-state index contributed by atoms with van der Waals surface area (Å²) in [6.07, 6.45) is 0.112. The number of imide groups is 1. The van der Waals surface area contributed by atoms with Gasteiger partial charge in [0.15, 0.2) is 0 Å². The van der Waals surface area contributed by atoms with Crippen molar-refractivity contribution in [2.45, 2.75) is 25.4 Å². The van der Waals surface area contributed by atoms with Crippen LogP contribution in [0.25, 0.3) is 0 Å². The highest BCUT2D eigenvalue weighted by Gasteiger charge is 2.45. The van der Waals surface area contributed by atoms with E-state index in [4.69, 9.17) is 0 Å². The third kappa shape index (κ3) is 2.24. The Morgan fingerprint density at radius 3 is 2.78 bits per heavy atom. The molecule has 0 aliphatic carbocycles.